The molecule has 0 aromatic rings. The number of hydrogen-bond donors (Lipinski definition) is 0. The van der Waals surface area contributed by atoms with Crippen LogP contribution in [-0.4, -0.2) is 27.6 Å². The highest BCUT2D eigenvalue weighted by Crippen LogP contribution is 2.46. The van der Waals surface area contributed by atoms with Gasteiger partial charge in [-0.2, -0.15) is 0 Å². The summed E-state index contributed by atoms with van der Waals surface area (Å²) in [6, 6.07) is 0. The van der Waals surface area contributed by atoms with Gasteiger partial charge in [0.25, 0.3) is 0 Å². The summed E-state index contributed by atoms with van der Waals surface area (Å²) in [7, 11) is 0.496. The van der Waals surface area contributed by atoms with E-state index in [0.717, 1.165) is 5.54 Å². The summed E-state index contributed by atoms with van der Waals surface area (Å²) < 4.78 is 11.1. The molecule has 0 aromatic heterocycles. The molecule has 0 radical (unpaired) electrons. The van der Waals surface area contributed by atoms with Crippen molar-refractivity contribution < 1.29 is 9.16 Å². The van der Waals surface area contributed by atoms with Gasteiger partial charge in [0.2, 0.25) is 0 Å². The molecule has 1 aliphatic heterocycles. The predicted octanol–water partition coefficient (Wildman–Crippen LogP) is 2.16. The fraction of sp³-hybridized carbons (Fsp3) is 1.00. The molecule has 70 valence electrons. The van der Waals surface area contributed by atoms with Crippen LogP contribution in [-0.2, 0) is 9.16 Å². The molecule has 2 aliphatic rings. The standard InChI is InChI=1S/C9H18O2Si/c1-10-12(2,3)7-4-5-8-9(6-7)11-8/h7-9H,4-6H2,1-3H3. The lowest BCUT2D eigenvalue weighted by molar-refractivity contribution is 0.363. The molecule has 2 fully saturated rings. The molecule has 3 atom stereocenters. The molecule has 1 aliphatic carbocycles. The molecule has 3 unspecified atom stereocenters. The van der Waals surface area contributed by atoms with Gasteiger partial charge >= 0.3 is 0 Å². The van der Waals surface area contributed by atoms with E-state index in [1.807, 2.05) is 7.11 Å². The molecule has 0 aromatic carbocycles. The first-order valence-corrected chi connectivity index (χ1v) is 7.82. The second-order valence-corrected chi connectivity index (χ2v) is 8.96. The van der Waals surface area contributed by atoms with Crippen molar-refractivity contribution in [3.8, 4) is 0 Å². The molecule has 3 heteroatoms. The number of fused-ring (bicyclic) bond motifs is 1. The van der Waals surface area contributed by atoms with E-state index in [-0.39, 0.29) is 0 Å². The van der Waals surface area contributed by atoms with Crippen LogP contribution in [0, 0.1) is 0 Å². The first kappa shape index (κ1) is 8.72. The van der Waals surface area contributed by atoms with Gasteiger partial charge in [-0.3, -0.25) is 0 Å². The Balaban J connectivity index is 1.95. The van der Waals surface area contributed by atoms with Crippen LogP contribution in [0.3, 0.4) is 0 Å². The van der Waals surface area contributed by atoms with Gasteiger partial charge < -0.3 is 9.16 Å². The van der Waals surface area contributed by atoms with Crippen molar-refractivity contribution >= 4 is 8.32 Å². The predicted molar refractivity (Wildman–Crippen MR) is 50.8 cm³/mol. The third-order valence-electron chi connectivity index (χ3n) is 3.51. The van der Waals surface area contributed by atoms with Crippen LogP contribution in [0.4, 0.5) is 0 Å². The van der Waals surface area contributed by atoms with Gasteiger partial charge in [-0.25, -0.2) is 0 Å². The number of epoxide rings is 1. The van der Waals surface area contributed by atoms with Crippen LogP contribution >= 0.6 is 0 Å². The molecule has 1 saturated heterocycles. The summed E-state index contributed by atoms with van der Waals surface area (Å²) in [5.41, 5.74) is 0.825. The molecule has 12 heavy (non-hydrogen) atoms. The largest absolute Gasteiger partial charge is 0.420 e. The first-order valence-electron chi connectivity index (χ1n) is 4.84. The van der Waals surface area contributed by atoms with Crippen LogP contribution < -0.4 is 0 Å². The third-order valence-corrected chi connectivity index (χ3v) is 7.06. The van der Waals surface area contributed by atoms with E-state index in [0.29, 0.717) is 12.2 Å². The number of hydrogen-bond acceptors (Lipinski definition) is 2. The van der Waals surface area contributed by atoms with Gasteiger partial charge in [-0.1, -0.05) is 0 Å². The van der Waals surface area contributed by atoms with Crippen LogP contribution in [0.1, 0.15) is 19.3 Å². The Morgan fingerprint density at radius 2 is 2.00 bits per heavy atom. The third kappa shape index (κ3) is 1.45. The molecule has 2 nitrogen and oxygen atoms in total. The highest BCUT2D eigenvalue weighted by molar-refractivity contribution is 6.72. The van der Waals surface area contributed by atoms with Gasteiger partial charge in [-0.15, -0.1) is 0 Å². The Labute approximate surface area is 75.4 Å². The summed E-state index contributed by atoms with van der Waals surface area (Å²) in [5.74, 6) is 0. The Morgan fingerprint density at radius 3 is 2.58 bits per heavy atom. The van der Waals surface area contributed by atoms with E-state index in [1.165, 1.54) is 19.3 Å². The lowest BCUT2D eigenvalue weighted by Crippen LogP contribution is -2.37. The monoisotopic (exact) mass is 186 g/mol. The van der Waals surface area contributed by atoms with Crippen molar-refractivity contribution in [2.75, 3.05) is 7.11 Å². The molecule has 2 rings (SSSR count). The number of ether oxygens (including phenoxy) is 1. The maximum absolute atomic E-state index is 5.63. The van der Waals surface area contributed by atoms with E-state index >= 15 is 0 Å². The minimum atomic E-state index is -1.37. The topological polar surface area (TPSA) is 21.8 Å². The van der Waals surface area contributed by atoms with Crippen LogP contribution in [0.25, 0.3) is 0 Å². The van der Waals surface area contributed by atoms with E-state index < -0.39 is 8.32 Å². The maximum atomic E-state index is 5.63. The van der Waals surface area contributed by atoms with Gasteiger partial charge in [0, 0.05) is 7.11 Å². The average molecular weight is 186 g/mol. The second-order valence-electron chi connectivity index (χ2n) is 4.53. The molecule has 0 spiro atoms. The fourth-order valence-corrected chi connectivity index (χ4v) is 4.20. The summed E-state index contributed by atoms with van der Waals surface area (Å²) >= 11 is 0. The summed E-state index contributed by atoms with van der Waals surface area (Å²) in [4.78, 5) is 0. The quantitative estimate of drug-likeness (QED) is 0.487. The zero-order valence-corrected chi connectivity index (χ0v) is 9.17. The highest BCUT2D eigenvalue weighted by atomic mass is 28.4. The fourth-order valence-electron chi connectivity index (χ4n) is 2.20. The normalized spacial score (nSPS) is 40.8. The zero-order chi connectivity index (χ0) is 8.77. The molecular weight excluding hydrogens is 168 g/mol. The van der Waals surface area contributed by atoms with E-state index in [4.69, 9.17) is 9.16 Å². The zero-order valence-electron chi connectivity index (χ0n) is 8.17. The Kier molecular flexibility index (Phi) is 2.05. The van der Waals surface area contributed by atoms with Crippen molar-refractivity contribution in [2.24, 2.45) is 0 Å². The minimum Gasteiger partial charge on any atom is -0.420 e. The Morgan fingerprint density at radius 1 is 1.25 bits per heavy atom. The lowest BCUT2D eigenvalue weighted by atomic mass is 10.0. The molecule has 0 N–H and O–H groups in total. The SMILES string of the molecule is CO[Si](C)(C)C1CCC2OC2C1. The van der Waals surface area contributed by atoms with E-state index in [9.17, 15) is 0 Å². The molecule has 1 saturated carbocycles. The second kappa shape index (κ2) is 2.82. The van der Waals surface area contributed by atoms with Crippen molar-refractivity contribution in [2.45, 2.75) is 50.1 Å². The van der Waals surface area contributed by atoms with E-state index in [2.05, 4.69) is 13.1 Å². The summed E-state index contributed by atoms with van der Waals surface area (Å²) in [6.07, 6.45) is 5.09. The highest BCUT2D eigenvalue weighted by Gasteiger charge is 2.48. The maximum Gasteiger partial charge on any atom is 0.189 e. The first-order chi connectivity index (χ1) is 5.63. The molecule has 0 bridgehead atoms. The molecule has 1 heterocycles. The van der Waals surface area contributed by atoms with Gasteiger partial charge in [-0.05, 0) is 37.9 Å². The van der Waals surface area contributed by atoms with Crippen molar-refractivity contribution in [1.82, 2.24) is 0 Å². The van der Waals surface area contributed by atoms with E-state index in [1.54, 1.807) is 0 Å². The van der Waals surface area contributed by atoms with Gasteiger partial charge in [0.15, 0.2) is 8.32 Å². The summed E-state index contributed by atoms with van der Waals surface area (Å²) in [6.45, 7) is 4.64. The number of rotatable bonds is 2. The van der Waals surface area contributed by atoms with Gasteiger partial charge in [0.05, 0.1) is 12.2 Å². The van der Waals surface area contributed by atoms with Crippen LogP contribution in [0.15, 0.2) is 0 Å². The average Bonchev–Trinajstić information content (AvgIpc) is 2.81. The smallest absolute Gasteiger partial charge is 0.189 e. The van der Waals surface area contributed by atoms with Crippen molar-refractivity contribution in [3.63, 3.8) is 0 Å². The lowest BCUT2D eigenvalue weighted by Gasteiger charge is -2.32. The summed E-state index contributed by atoms with van der Waals surface area (Å²) in [5, 5.41) is 0. The van der Waals surface area contributed by atoms with Crippen molar-refractivity contribution in [1.29, 1.82) is 0 Å². The van der Waals surface area contributed by atoms with Crippen LogP contribution in [0.2, 0.25) is 18.6 Å². The Bertz CT molecular complexity index is 181. The van der Waals surface area contributed by atoms with Crippen LogP contribution in [0.5, 0.6) is 0 Å². The Hall–Kier alpha value is 0.137. The van der Waals surface area contributed by atoms with Crippen molar-refractivity contribution in [3.05, 3.63) is 0 Å². The van der Waals surface area contributed by atoms with Gasteiger partial charge in [0.1, 0.15) is 0 Å². The molecular formula is C9H18O2Si. The minimum absolute atomic E-state index is 0.602. The molecule has 0 amide bonds.